The highest BCUT2D eigenvalue weighted by atomic mass is 14.9. The molecule has 6 aromatic carbocycles. The van der Waals surface area contributed by atoms with E-state index in [2.05, 4.69) is 101 Å². The van der Waals surface area contributed by atoms with Gasteiger partial charge in [-0.25, -0.2) is 9.97 Å². The fraction of sp³-hybridized carbons (Fsp3) is 0. The smallest absolute Gasteiger partial charge is 0.0973 e. The molecule has 0 N–H and O–H groups in total. The molecule has 0 bridgehead atoms. The molecular formula is C36H21N3. The van der Waals surface area contributed by atoms with Crippen molar-refractivity contribution in [3.8, 4) is 22.5 Å². The molecule has 0 saturated heterocycles. The molecular weight excluding hydrogens is 474 g/mol. The summed E-state index contributed by atoms with van der Waals surface area (Å²) in [6.45, 7) is 0. The fourth-order valence-corrected chi connectivity index (χ4v) is 6.42. The minimum Gasteiger partial charge on any atom is -0.308 e. The molecule has 3 nitrogen and oxygen atoms in total. The molecule has 0 aliphatic rings. The van der Waals surface area contributed by atoms with E-state index in [-0.39, 0.29) is 0 Å². The number of benzene rings is 6. The molecule has 180 valence electrons. The van der Waals surface area contributed by atoms with Crippen molar-refractivity contribution >= 4 is 59.9 Å². The number of hydrogen-bond acceptors (Lipinski definition) is 2. The molecule has 9 aromatic rings. The van der Waals surface area contributed by atoms with Gasteiger partial charge >= 0.3 is 0 Å². The van der Waals surface area contributed by atoms with Crippen LogP contribution >= 0.6 is 0 Å². The van der Waals surface area contributed by atoms with E-state index in [0.29, 0.717) is 0 Å². The van der Waals surface area contributed by atoms with Crippen LogP contribution in [0.1, 0.15) is 0 Å². The summed E-state index contributed by atoms with van der Waals surface area (Å²) in [4.78, 5) is 10.4. The largest absolute Gasteiger partial charge is 0.308 e. The average Bonchev–Trinajstić information content (AvgIpc) is 3.34. The van der Waals surface area contributed by atoms with E-state index in [0.717, 1.165) is 33.5 Å². The van der Waals surface area contributed by atoms with Gasteiger partial charge in [0.1, 0.15) is 0 Å². The summed E-state index contributed by atoms with van der Waals surface area (Å²) in [6, 6.07) is 45.2. The first kappa shape index (κ1) is 20.7. The van der Waals surface area contributed by atoms with Crippen LogP contribution < -0.4 is 0 Å². The lowest BCUT2D eigenvalue weighted by atomic mass is 9.95. The molecule has 0 radical (unpaired) electrons. The Morgan fingerprint density at radius 1 is 0.436 bits per heavy atom. The lowest BCUT2D eigenvalue weighted by Crippen LogP contribution is -1.96. The summed E-state index contributed by atoms with van der Waals surface area (Å²) in [5, 5.41) is 7.52. The molecule has 0 atom stereocenters. The number of pyridine rings is 1. The second-order valence-corrected chi connectivity index (χ2v) is 10.2. The molecule has 0 aliphatic carbocycles. The molecule has 0 fully saturated rings. The summed E-state index contributed by atoms with van der Waals surface area (Å²) in [5.41, 5.74) is 9.46. The van der Waals surface area contributed by atoms with E-state index in [1.165, 1.54) is 48.9 Å². The molecule has 3 heterocycles. The average molecular weight is 496 g/mol. The van der Waals surface area contributed by atoms with Crippen LogP contribution in [0.25, 0.3) is 82.4 Å². The third kappa shape index (κ3) is 2.82. The van der Waals surface area contributed by atoms with Gasteiger partial charge in [-0.15, -0.1) is 0 Å². The maximum atomic E-state index is 5.23. The Bertz CT molecular complexity index is 2380. The van der Waals surface area contributed by atoms with Crippen LogP contribution in [0.3, 0.4) is 0 Å². The Balaban J connectivity index is 1.50. The zero-order valence-corrected chi connectivity index (χ0v) is 21.0. The zero-order chi connectivity index (χ0) is 25.5. The summed E-state index contributed by atoms with van der Waals surface area (Å²) in [6.07, 6.45) is 0. The Labute approximate surface area is 223 Å². The van der Waals surface area contributed by atoms with E-state index in [9.17, 15) is 0 Å². The Morgan fingerprint density at radius 3 is 1.82 bits per heavy atom. The number of aromatic nitrogens is 3. The van der Waals surface area contributed by atoms with Gasteiger partial charge in [-0.3, -0.25) is 0 Å². The highest BCUT2D eigenvalue weighted by Gasteiger charge is 2.21. The summed E-state index contributed by atoms with van der Waals surface area (Å²) in [5.74, 6) is 0. The van der Waals surface area contributed by atoms with Gasteiger partial charge < -0.3 is 4.40 Å². The van der Waals surface area contributed by atoms with E-state index in [1.54, 1.807) is 0 Å². The second kappa shape index (κ2) is 7.62. The first-order valence-electron chi connectivity index (χ1n) is 13.3. The fourth-order valence-electron chi connectivity index (χ4n) is 6.42. The van der Waals surface area contributed by atoms with Gasteiger partial charge in [0.05, 0.1) is 39.0 Å². The maximum absolute atomic E-state index is 5.23. The Hall–Kier alpha value is -5.28. The van der Waals surface area contributed by atoms with Gasteiger partial charge in [-0.1, -0.05) is 91.0 Å². The van der Waals surface area contributed by atoms with Crippen molar-refractivity contribution in [2.45, 2.75) is 0 Å². The monoisotopic (exact) mass is 495 g/mol. The van der Waals surface area contributed by atoms with Crippen LogP contribution in [0.15, 0.2) is 127 Å². The Kier molecular flexibility index (Phi) is 4.05. The molecule has 0 amide bonds. The molecule has 3 aromatic heterocycles. The first-order valence-corrected chi connectivity index (χ1v) is 13.3. The van der Waals surface area contributed by atoms with Crippen molar-refractivity contribution in [2.75, 3.05) is 0 Å². The van der Waals surface area contributed by atoms with E-state index < -0.39 is 0 Å². The van der Waals surface area contributed by atoms with Gasteiger partial charge in [-0.2, -0.15) is 0 Å². The third-order valence-corrected chi connectivity index (χ3v) is 8.07. The van der Waals surface area contributed by atoms with Crippen LogP contribution in [0.5, 0.6) is 0 Å². The quantitative estimate of drug-likeness (QED) is 0.177. The topological polar surface area (TPSA) is 30.2 Å². The van der Waals surface area contributed by atoms with Gasteiger partial charge in [0, 0.05) is 32.7 Å². The van der Waals surface area contributed by atoms with Crippen LogP contribution in [-0.2, 0) is 0 Å². The highest BCUT2D eigenvalue weighted by molar-refractivity contribution is 6.27. The maximum Gasteiger partial charge on any atom is 0.0973 e. The molecule has 9 rings (SSSR count). The Morgan fingerprint density at radius 2 is 1.03 bits per heavy atom. The predicted molar refractivity (Wildman–Crippen MR) is 163 cm³/mol. The van der Waals surface area contributed by atoms with Crippen molar-refractivity contribution in [3.63, 3.8) is 0 Å². The molecule has 39 heavy (non-hydrogen) atoms. The number of rotatable bonds is 2. The van der Waals surface area contributed by atoms with E-state index in [4.69, 9.17) is 9.97 Å². The first-order chi connectivity index (χ1) is 19.3. The van der Waals surface area contributed by atoms with Gasteiger partial charge in [0.15, 0.2) is 0 Å². The highest BCUT2D eigenvalue weighted by Crippen LogP contribution is 2.43. The van der Waals surface area contributed by atoms with Gasteiger partial charge in [-0.05, 0) is 47.2 Å². The van der Waals surface area contributed by atoms with Crippen LogP contribution in [0.4, 0.5) is 0 Å². The van der Waals surface area contributed by atoms with Crippen LogP contribution in [0.2, 0.25) is 0 Å². The molecule has 0 saturated carbocycles. The van der Waals surface area contributed by atoms with Crippen molar-refractivity contribution in [1.29, 1.82) is 0 Å². The summed E-state index contributed by atoms with van der Waals surface area (Å²) in [7, 11) is 0. The van der Waals surface area contributed by atoms with E-state index in [1.807, 2.05) is 30.3 Å². The van der Waals surface area contributed by atoms with Crippen LogP contribution in [0, 0.1) is 0 Å². The van der Waals surface area contributed by atoms with Crippen LogP contribution in [-0.4, -0.2) is 14.4 Å². The lowest BCUT2D eigenvalue weighted by molar-refractivity contribution is 1.29. The third-order valence-electron chi connectivity index (χ3n) is 8.07. The van der Waals surface area contributed by atoms with Crippen molar-refractivity contribution in [2.24, 2.45) is 0 Å². The normalized spacial score (nSPS) is 12.1. The van der Waals surface area contributed by atoms with Gasteiger partial charge in [0.2, 0.25) is 0 Å². The van der Waals surface area contributed by atoms with Crippen molar-refractivity contribution in [3.05, 3.63) is 127 Å². The number of nitrogens with zero attached hydrogens (tertiary/aromatic N) is 3. The molecule has 3 heteroatoms. The lowest BCUT2D eigenvalue weighted by Gasteiger charge is -2.15. The number of para-hydroxylation sites is 3. The SMILES string of the molecule is c1ccc(-c2nc3ccccc3nc2-c2cc3c4cccc5cccc(c54)n4c5ccccc5c(c2)c34)cc1. The van der Waals surface area contributed by atoms with Crippen molar-refractivity contribution in [1.82, 2.24) is 14.4 Å². The van der Waals surface area contributed by atoms with Crippen molar-refractivity contribution < 1.29 is 0 Å². The molecule has 0 unspecified atom stereocenters. The van der Waals surface area contributed by atoms with E-state index >= 15 is 0 Å². The van der Waals surface area contributed by atoms with Gasteiger partial charge in [0.25, 0.3) is 0 Å². The number of hydrogen-bond donors (Lipinski definition) is 0. The second-order valence-electron chi connectivity index (χ2n) is 10.2. The minimum absolute atomic E-state index is 0.899. The summed E-state index contributed by atoms with van der Waals surface area (Å²) >= 11 is 0. The predicted octanol–water partition coefficient (Wildman–Crippen LogP) is 9.27. The molecule has 0 spiro atoms. The standard InChI is InChI=1S/C36H21N3/c1-2-10-23(11-3-1)34-35(38-30-17-6-5-16-29(30)37-34)24-20-27-25-14-4-7-18-31(25)39-32-19-9-13-22-12-8-15-26(33(22)32)28(21-24)36(27)39/h1-21H. The minimum atomic E-state index is 0.899. The molecule has 0 aliphatic heterocycles. The summed E-state index contributed by atoms with van der Waals surface area (Å²) < 4.78 is 2.45. The zero-order valence-electron chi connectivity index (χ0n) is 21.0. The number of fused-ring (bicyclic) bond motifs is 6.